The zero-order valence-corrected chi connectivity index (χ0v) is 15.5. The molecule has 0 bridgehead atoms. The molecule has 1 amide bonds. The van der Waals surface area contributed by atoms with E-state index in [2.05, 4.69) is 15.2 Å². The highest BCUT2D eigenvalue weighted by Gasteiger charge is 2.14. The van der Waals surface area contributed by atoms with E-state index in [4.69, 9.17) is 4.74 Å². The first-order chi connectivity index (χ1) is 12.2. The molecule has 1 saturated heterocycles. The molecule has 1 aliphatic heterocycles. The summed E-state index contributed by atoms with van der Waals surface area (Å²) in [5.74, 6) is 0.882. The standard InChI is InChI=1S/C19H25N3O2S/c1-24-17-6-4-15(5-7-17)8-9-20-18(23)12-16-14-25-19(21-16)13-22-10-2-3-11-22/h4-7,14H,2-3,8-13H2,1H3,(H,20,23). The average molecular weight is 359 g/mol. The summed E-state index contributed by atoms with van der Waals surface area (Å²) in [6, 6.07) is 7.93. The predicted octanol–water partition coefficient (Wildman–Crippen LogP) is 2.65. The van der Waals surface area contributed by atoms with E-state index in [1.807, 2.05) is 29.6 Å². The zero-order chi connectivity index (χ0) is 17.5. The molecule has 1 N–H and O–H groups in total. The molecule has 25 heavy (non-hydrogen) atoms. The van der Waals surface area contributed by atoms with Gasteiger partial charge < -0.3 is 10.1 Å². The number of likely N-dealkylation sites (tertiary alicyclic amines) is 1. The van der Waals surface area contributed by atoms with Crippen LogP contribution in [0.2, 0.25) is 0 Å². The number of amides is 1. The minimum absolute atomic E-state index is 0.0338. The molecule has 134 valence electrons. The van der Waals surface area contributed by atoms with Crippen molar-refractivity contribution >= 4 is 17.2 Å². The Balaban J connectivity index is 1.39. The third kappa shape index (κ3) is 5.54. The fourth-order valence-electron chi connectivity index (χ4n) is 3.00. The lowest BCUT2D eigenvalue weighted by Crippen LogP contribution is -2.27. The number of carbonyl (C=O) groups excluding carboxylic acids is 1. The molecule has 2 heterocycles. The Hall–Kier alpha value is -1.92. The third-order valence-corrected chi connectivity index (χ3v) is 5.28. The van der Waals surface area contributed by atoms with Gasteiger partial charge in [-0.25, -0.2) is 4.98 Å². The van der Waals surface area contributed by atoms with Gasteiger partial charge in [-0.05, 0) is 50.0 Å². The highest BCUT2D eigenvalue weighted by atomic mass is 32.1. The molecule has 2 aromatic rings. The smallest absolute Gasteiger partial charge is 0.226 e. The Morgan fingerprint density at radius 3 is 2.76 bits per heavy atom. The van der Waals surface area contributed by atoms with Crippen molar-refractivity contribution in [2.45, 2.75) is 32.2 Å². The lowest BCUT2D eigenvalue weighted by atomic mass is 10.1. The largest absolute Gasteiger partial charge is 0.497 e. The van der Waals surface area contributed by atoms with Crippen molar-refractivity contribution in [2.75, 3.05) is 26.7 Å². The molecule has 6 heteroatoms. The van der Waals surface area contributed by atoms with E-state index < -0.39 is 0 Å². The highest BCUT2D eigenvalue weighted by molar-refractivity contribution is 7.09. The van der Waals surface area contributed by atoms with Gasteiger partial charge in [-0.2, -0.15) is 0 Å². The van der Waals surface area contributed by atoms with Crippen LogP contribution in [0, 0.1) is 0 Å². The number of rotatable bonds is 8. The van der Waals surface area contributed by atoms with Crippen LogP contribution in [-0.4, -0.2) is 42.5 Å². The van der Waals surface area contributed by atoms with Gasteiger partial charge in [-0.1, -0.05) is 12.1 Å². The summed E-state index contributed by atoms with van der Waals surface area (Å²) < 4.78 is 5.14. The van der Waals surface area contributed by atoms with Crippen LogP contribution in [0.25, 0.3) is 0 Å². The SMILES string of the molecule is COc1ccc(CCNC(=O)Cc2csc(CN3CCCC3)n2)cc1. The Labute approximate surface area is 153 Å². The van der Waals surface area contributed by atoms with Crippen molar-refractivity contribution in [3.8, 4) is 5.75 Å². The molecule has 0 unspecified atom stereocenters. The maximum Gasteiger partial charge on any atom is 0.226 e. The second-order valence-corrected chi connectivity index (χ2v) is 7.28. The number of nitrogens with zero attached hydrogens (tertiary/aromatic N) is 2. The minimum atomic E-state index is 0.0338. The number of thiazole rings is 1. The third-order valence-electron chi connectivity index (χ3n) is 4.39. The van der Waals surface area contributed by atoms with E-state index in [9.17, 15) is 4.79 Å². The second kappa shape index (κ2) is 8.97. The molecule has 1 aliphatic rings. The lowest BCUT2D eigenvalue weighted by molar-refractivity contribution is -0.120. The minimum Gasteiger partial charge on any atom is -0.497 e. The Morgan fingerprint density at radius 2 is 2.04 bits per heavy atom. The maximum absolute atomic E-state index is 12.1. The number of ether oxygens (including phenoxy) is 1. The maximum atomic E-state index is 12.1. The van der Waals surface area contributed by atoms with Crippen LogP contribution in [0.1, 0.15) is 29.1 Å². The van der Waals surface area contributed by atoms with Crippen molar-refractivity contribution in [3.05, 3.63) is 45.9 Å². The van der Waals surface area contributed by atoms with Gasteiger partial charge in [0, 0.05) is 11.9 Å². The normalized spacial score (nSPS) is 14.6. The van der Waals surface area contributed by atoms with Crippen molar-refractivity contribution in [2.24, 2.45) is 0 Å². The molecule has 0 saturated carbocycles. The number of aromatic nitrogens is 1. The monoisotopic (exact) mass is 359 g/mol. The van der Waals surface area contributed by atoms with E-state index in [0.717, 1.165) is 29.4 Å². The van der Waals surface area contributed by atoms with Gasteiger partial charge in [-0.15, -0.1) is 11.3 Å². The van der Waals surface area contributed by atoms with Crippen molar-refractivity contribution in [1.82, 2.24) is 15.2 Å². The van der Waals surface area contributed by atoms with Crippen LogP contribution in [-0.2, 0) is 24.2 Å². The van der Waals surface area contributed by atoms with Gasteiger partial charge in [0.1, 0.15) is 10.8 Å². The second-order valence-electron chi connectivity index (χ2n) is 6.34. The number of benzene rings is 1. The molecule has 0 atom stereocenters. The number of nitrogens with one attached hydrogen (secondary N) is 1. The van der Waals surface area contributed by atoms with Crippen molar-refractivity contribution in [3.63, 3.8) is 0 Å². The summed E-state index contributed by atoms with van der Waals surface area (Å²) in [6.07, 6.45) is 3.75. The number of carbonyl (C=O) groups is 1. The molecule has 5 nitrogen and oxygen atoms in total. The first-order valence-corrected chi connectivity index (χ1v) is 9.66. The van der Waals surface area contributed by atoms with E-state index in [-0.39, 0.29) is 5.91 Å². The molecule has 0 spiro atoms. The van der Waals surface area contributed by atoms with E-state index in [1.54, 1.807) is 18.4 Å². The summed E-state index contributed by atoms with van der Waals surface area (Å²) in [5, 5.41) is 6.10. The zero-order valence-electron chi connectivity index (χ0n) is 14.7. The van der Waals surface area contributed by atoms with E-state index in [1.165, 1.54) is 31.5 Å². The molecular formula is C19H25N3O2S. The fourth-order valence-corrected chi connectivity index (χ4v) is 3.84. The van der Waals surface area contributed by atoms with E-state index >= 15 is 0 Å². The van der Waals surface area contributed by atoms with Crippen LogP contribution in [0.15, 0.2) is 29.6 Å². The van der Waals surface area contributed by atoms with Crippen LogP contribution in [0.5, 0.6) is 5.75 Å². The van der Waals surface area contributed by atoms with Crippen LogP contribution >= 0.6 is 11.3 Å². The summed E-state index contributed by atoms with van der Waals surface area (Å²) in [5.41, 5.74) is 2.06. The van der Waals surface area contributed by atoms with Gasteiger partial charge in [0.15, 0.2) is 0 Å². The number of hydrogen-bond acceptors (Lipinski definition) is 5. The molecule has 1 aromatic heterocycles. The Kier molecular flexibility index (Phi) is 6.42. The lowest BCUT2D eigenvalue weighted by Gasteiger charge is -2.11. The average Bonchev–Trinajstić information content (AvgIpc) is 3.28. The van der Waals surface area contributed by atoms with Gasteiger partial charge in [-0.3, -0.25) is 9.69 Å². The topological polar surface area (TPSA) is 54.5 Å². The van der Waals surface area contributed by atoms with Gasteiger partial charge in [0.05, 0.1) is 25.8 Å². The fraction of sp³-hybridized carbons (Fsp3) is 0.474. The van der Waals surface area contributed by atoms with Crippen molar-refractivity contribution in [1.29, 1.82) is 0 Å². The molecule has 1 aromatic carbocycles. The first-order valence-electron chi connectivity index (χ1n) is 8.78. The molecule has 0 radical (unpaired) electrons. The van der Waals surface area contributed by atoms with E-state index in [0.29, 0.717) is 13.0 Å². The summed E-state index contributed by atoms with van der Waals surface area (Å²) in [6.45, 7) is 3.89. The highest BCUT2D eigenvalue weighted by Crippen LogP contribution is 2.16. The quantitative estimate of drug-likeness (QED) is 0.787. The van der Waals surface area contributed by atoms with Crippen LogP contribution in [0.3, 0.4) is 0 Å². The molecule has 1 fully saturated rings. The summed E-state index contributed by atoms with van der Waals surface area (Å²) >= 11 is 1.66. The number of hydrogen-bond donors (Lipinski definition) is 1. The number of methoxy groups -OCH3 is 1. The van der Waals surface area contributed by atoms with Gasteiger partial charge in [0.2, 0.25) is 5.91 Å². The Bertz CT molecular complexity index is 678. The first kappa shape index (κ1) is 17.9. The van der Waals surface area contributed by atoms with Crippen molar-refractivity contribution < 1.29 is 9.53 Å². The molecule has 0 aliphatic carbocycles. The van der Waals surface area contributed by atoms with Gasteiger partial charge in [0.25, 0.3) is 0 Å². The van der Waals surface area contributed by atoms with Gasteiger partial charge >= 0.3 is 0 Å². The summed E-state index contributed by atoms with van der Waals surface area (Å²) in [7, 11) is 1.66. The molecular weight excluding hydrogens is 334 g/mol. The predicted molar refractivity (Wildman–Crippen MR) is 100 cm³/mol. The summed E-state index contributed by atoms with van der Waals surface area (Å²) in [4.78, 5) is 19.1. The Morgan fingerprint density at radius 1 is 1.28 bits per heavy atom. The van der Waals surface area contributed by atoms with Crippen LogP contribution < -0.4 is 10.1 Å². The van der Waals surface area contributed by atoms with Crippen LogP contribution in [0.4, 0.5) is 0 Å². The molecule has 3 rings (SSSR count).